The van der Waals surface area contributed by atoms with E-state index in [1.165, 1.54) is 0 Å². The molecule has 0 nitrogen and oxygen atoms in total. The van der Waals surface area contributed by atoms with Crippen LogP contribution in [0.2, 0.25) is 0 Å². The van der Waals surface area contributed by atoms with Gasteiger partial charge in [0.05, 0.1) is 0 Å². The van der Waals surface area contributed by atoms with Crippen LogP contribution in [0.15, 0.2) is 47.5 Å². The van der Waals surface area contributed by atoms with E-state index in [0.29, 0.717) is 5.88 Å². The van der Waals surface area contributed by atoms with Gasteiger partial charge in [-0.1, -0.05) is 54.1 Å². The summed E-state index contributed by atoms with van der Waals surface area (Å²) in [7, 11) is 0. The summed E-state index contributed by atoms with van der Waals surface area (Å²) in [5.41, 5.74) is 1.14. The molecular formula is C12H12Cl2. The van der Waals surface area contributed by atoms with Gasteiger partial charge in [-0.25, -0.2) is 0 Å². The van der Waals surface area contributed by atoms with Crippen LogP contribution in [0, 0.1) is 0 Å². The molecule has 0 aliphatic heterocycles. The Kier molecular flexibility index (Phi) is 5.43. The summed E-state index contributed by atoms with van der Waals surface area (Å²) in [5, 5.41) is 0.731. The molecule has 1 aromatic carbocycles. The third-order valence-corrected chi connectivity index (χ3v) is 2.18. The van der Waals surface area contributed by atoms with Crippen molar-refractivity contribution in [3.63, 3.8) is 0 Å². The zero-order valence-corrected chi connectivity index (χ0v) is 9.30. The molecule has 0 radical (unpaired) electrons. The van der Waals surface area contributed by atoms with Crippen LogP contribution in [0.3, 0.4) is 0 Å². The molecule has 0 N–H and O–H groups in total. The third-order valence-electron chi connectivity index (χ3n) is 1.68. The highest BCUT2D eigenvalue weighted by atomic mass is 35.5. The predicted molar refractivity (Wildman–Crippen MR) is 64.7 cm³/mol. The molecule has 14 heavy (non-hydrogen) atoms. The van der Waals surface area contributed by atoms with Gasteiger partial charge in [0, 0.05) is 10.9 Å². The number of hydrogen-bond donors (Lipinski definition) is 0. The van der Waals surface area contributed by atoms with E-state index in [-0.39, 0.29) is 0 Å². The largest absolute Gasteiger partial charge is 0.126 e. The van der Waals surface area contributed by atoms with E-state index < -0.39 is 0 Å². The van der Waals surface area contributed by atoms with E-state index >= 15 is 0 Å². The van der Waals surface area contributed by atoms with Crippen LogP contribution in [-0.4, -0.2) is 5.88 Å². The summed E-state index contributed by atoms with van der Waals surface area (Å²) >= 11 is 11.5. The van der Waals surface area contributed by atoms with E-state index in [4.69, 9.17) is 23.2 Å². The Morgan fingerprint density at radius 1 is 1.21 bits per heavy atom. The Morgan fingerprint density at radius 2 is 1.93 bits per heavy atom. The van der Waals surface area contributed by atoms with E-state index in [1.807, 2.05) is 48.6 Å². The second kappa shape index (κ2) is 6.69. The first-order valence-corrected chi connectivity index (χ1v) is 5.39. The second-order valence-corrected chi connectivity index (χ2v) is 3.63. The van der Waals surface area contributed by atoms with Gasteiger partial charge in [-0.15, -0.1) is 11.6 Å². The molecule has 0 saturated carbocycles. The van der Waals surface area contributed by atoms with Gasteiger partial charge in [0.15, 0.2) is 0 Å². The first kappa shape index (κ1) is 11.4. The normalized spacial score (nSPS) is 12.3. The van der Waals surface area contributed by atoms with E-state index in [2.05, 4.69) is 0 Å². The van der Waals surface area contributed by atoms with Crippen molar-refractivity contribution in [2.45, 2.75) is 6.42 Å². The minimum absolute atomic E-state index is 0.607. The fraction of sp³-hybridized carbons (Fsp3) is 0.167. The van der Waals surface area contributed by atoms with Crippen LogP contribution < -0.4 is 0 Å². The number of hydrogen-bond acceptors (Lipinski definition) is 0. The Bertz CT molecular complexity index is 312. The molecule has 0 heterocycles. The van der Waals surface area contributed by atoms with Crippen molar-refractivity contribution < 1.29 is 0 Å². The predicted octanol–water partition coefficient (Wildman–Crippen LogP) is 4.45. The van der Waals surface area contributed by atoms with Gasteiger partial charge in [-0.05, 0) is 18.1 Å². The van der Waals surface area contributed by atoms with E-state index in [1.54, 1.807) is 0 Å². The molecule has 0 spiro atoms. The molecule has 0 unspecified atom stereocenters. The minimum atomic E-state index is 0.607. The van der Waals surface area contributed by atoms with Gasteiger partial charge in [-0.3, -0.25) is 0 Å². The van der Waals surface area contributed by atoms with Crippen molar-refractivity contribution in [3.8, 4) is 0 Å². The van der Waals surface area contributed by atoms with Gasteiger partial charge in [0.25, 0.3) is 0 Å². The molecule has 0 saturated heterocycles. The lowest BCUT2D eigenvalue weighted by Crippen LogP contribution is -1.71. The van der Waals surface area contributed by atoms with Gasteiger partial charge in [0.2, 0.25) is 0 Å². The Hall–Kier alpha value is -0.720. The van der Waals surface area contributed by atoms with Crippen molar-refractivity contribution in [3.05, 3.63) is 53.1 Å². The maximum Gasteiger partial charge on any atom is 0.0366 e. The average molecular weight is 227 g/mol. The highest BCUT2D eigenvalue weighted by Crippen LogP contribution is 2.09. The third kappa shape index (κ3) is 4.50. The number of rotatable bonds is 4. The second-order valence-electron chi connectivity index (χ2n) is 2.81. The summed E-state index contributed by atoms with van der Waals surface area (Å²) in [6.45, 7) is 0. The lowest BCUT2D eigenvalue weighted by atomic mass is 10.2. The van der Waals surface area contributed by atoms with Crippen LogP contribution in [0.25, 0.3) is 6.08 Å². The molecule has 0 fully saturated rings. The van der Waals surface area contributed by atoms with Crippen molar-refractivity contribution in [1.29, 1.82) is 0 Å². The summed E-state index contributed by atoms with van der Waals surface area (Å²) in [4.78, 5) is 0. The van der Waals surface area contributed by atoms with Crippen molar-refractivity contribution in [1.82, 2.24) is 0 Å². The summed E-state index contributed by atoms with van der Waals surface area (Å²) in [5.74, 6) is 0.607. The van der Waals surface area contributed by atoms with Crippen LogP contribution >= 0.6 is 23.2 Å². The number of benzene rings is 1. The van der Waals surface area contributed by atoms with Crippen LogP contribution in [0.4, 0.5) is 0 Å². The number of halogens is 2. The molecule has 1 rings (SSSR count). The van der Waals surface area contributed by atoms with Crippen molar-refractivity contribution in [2.24, 2.45) is 0 Å². The zero-order valence-electron chi connectivity index (χ0n) is 7.79. The Balaban J connectivity index is 2.56. The molecule has 74 valence electrons. The van der Waals surface area contributed by atoms with Crippen LogP contribution in [0.1, 0.15) is 12.0 Å². The lowest BCUT2D eigenvalue weighted by Gasteiger charge is -1.91. The van der Waals surface area contributed by atoms with Crippen LogP contribution in [-0.2, 0) is 0 Å². The minimum Gasteiger partial charge on any atom is -0.126 e. The highest BCUT2D eigenvalue weighted by molar-refractivity contribution is 6.31. The lowest BCUT2D eigenvalue weighted by molar-refractivity contribution is 1.23. The quantitative estimate of drug-likeness (QED) is 0.526. The Morgan fingerprint density at radius 3 is 2.57 bits per heavy atom. The first-order chi connectivity index (χ1) is 6.83. The fourth-order valence-corrected chi connectivity index (χ4v) is 1.28. The van der Waals surface area contributed by atoms with Gasteiger partial charge < -0.3 is 0 Å². The molecule has 0 aromatic heterocycles. The molecule has 0 amide bonds. The van der Waals surface area contributed by atoms with Crippen molar-refractivity contribution >= 4 is 29.3 Å². The summed E-state index contributed by atoms with van der Waals surface area (Å²) in [6, 6.07) is 10.0. The number of allylic oxidation sites excluding steroid dienone is 3. The van der Waals surface area contributed by atoms with Gasteiger partial charge in [0.1, 0.15) is 0 Å². The standard InChI is InChI=1S/C12H12Cl2/c13-10-4-7-12(14)9-8-11-5-2-1-3-6-11/h1-3,5-9H,4,10H2. The highest BCUT2D eigenvalue weighted by Gasteiger charge is 1.86. The molecule has 2 heteroatoms. The molecular weight excluding hydrogens is 215 g/mol. The maximum absolute atomic E-state index is 5.93. The van der Waals surface area contributed by atoms with Gasteiger partial charge in [-0.2, -0.15) is 0 Å². The molecule has 0 bridgehead atoms. The topological polar surface area (TPSA) is 0 Å². The monoisotopic (exact) mass is 226 g/mol. The first-order valence-electron chi connectivity index (χ1n) is 4.47. The Labute approximate surface area is 94.8 Å². The molecule has 0 aliphatic rings. The molecule has 1 aromatic rings. The average Bonchev–Trinajstić information content (AvgIpc) is 2.25. The SMILES string of the molecule is ClCCC=C(Cl)C=Cc1ccccc1. The summed E-state index contributed by atoms with van der Waals surface area (Å²) in [6.07, 6.45) is 6.57. The molecule has 0 aliphatic carbocycles. The molecule has 0 atom stereocenters. The smallest absolute Gasteiger partial charge is 0.0366 e. The van der Waals surface area contributed by atoms with E-state index in [9.17, 15) is 0 Å². The number of alkyl halides is 1. The van der Waals surface area contributed by atoms with E-state index in [0.717, 1.165) is 17.0 Å². The fourth-order valence-electron chi connectivity index (χ4n) is 1.00. The van der Waals surface area contributed by atoms with Crippen molar-refractivity contribution in [2.75, 3.05) is 5.88 Å². The zero-order chi connectivity index (χ0) is 10.2. The van der Waals surface area contributed by atoms with Gasteiger partial charge >= 0.3 is 0 Å². The maximum atomic E-state index is 5.93. The summed E-state index contributed by atoms with van der Waals surface area (Å²) < 4.78 is 0. The van der Waals surface area contributed by atoms with Crippen LogP contribution in [0.5, 0.6) is 0 Å².